The van der Waals surface area contributed by atoms with Crippen LogP contribution in [0, 0.1) is 0 Å². The highest BCUT2D eigenvalue weighted by molar-refractivity contribution is 7.85. The van der Waals surface area contributed by atoms with Gasteiger partial charge in [-0.15, -0.1) is 0 Å². The lowest BCUT2D eigenvalue weighted by atomic mass is 9.99. The van der Waals surface area contributed by atoms with E-state index in [0.29, 0.717) is 6.42 Å². The van der Waals surface area contributed by atoms with Crippen LogP contribution in [0.1, 0.15) is 37.7 Å². The fraction of sp³-hybridized carbons (Fsp3) is 0.261. The van der Waals surface area contributed by atoms with Crippen molar-refractivity contribution in [2.24, 2.45) is 0 Å². The Morgan fingerprint density at radius 3 is 2.30 bits per heavy atom. The third-order valence-electron chi connectivity index (χ3n) is 4.72. The molecule has 4 heteroatoms. The normalized spacial score (nSPS) is 12.1. The Kier molecular flexibility index (Phi) is 6.77. The van der Waals surface area contributed by atoms with E-state index in [1.807, 2.05) is 54.6 Å². The molecule has 0 heterocycles. The molecule has 3 aromatic rings. The van der Waals surface area contributed by atoms with E-state index in [1.54, 1.807) is 0 Å². The molecule has 0 aliphatic heterocycles. The predicted molar refractivity (Wildman–Crippen MR) is 109 cm³/mol. The first-order valence-corrected chi connectivity index (χ1v) is 10.5. The van der Waals surface area contributed by atoms with Crippen LogP contribution in [0.15, 0.2) is 76.5 Å². The smallest absolute Gasteiger partial charge is 0.303 e. The maximum Gasteiger partial charge on any atom is 0.303 e. The summed E-state index contributed by atoms with van der Waals surface area (Å²) in [5.74, 6) is -0.732. The Hall–Kier alpha value is -2.46. The minimum Gasteiger partial charge on any atom is -0.481 e. The molecule has 1 unspecified atom stereocenters. The van der Waals surface area contributed by atoms with E-state index in [0.717, 1.165) is 51.8 Å². The third kappa shape index (κ3) is 5.04. The van der Waals surface area contributed by atoms with Crippen LogP contribution >= 0.6 is 0 Å². The van der Waals surface area contributed by atoms with Crippen LogP contribution < -0.4 is 0 Å². The molecule has 27 heavy (non-hydrogen) atoms. The highest BCUT2D eigenvalue weighted by Gasteiger charge is 2.14. The SMILES string of the molecule is O=C(O)CCCCCCc1c(S(=O)c2ccccc2)ccc2ccccc12. The number of hydrogen-bond acceptors (Lipinski definition) is 2. The van der Waals surface area contributed by atoms with Gasteiger partial charge < -0.3 is 5.11 Å². The van der Waals surface area contributed by atoms with Gasteiger partial charge in [0, 0.05) is 16.2 Å². The number of unbranched alkanes of at least 4 members (excludes halogenated alkanes) is 3. The van der Waals surface area contributed by atoms with E-state index in [-0.39, 0.29) is 6.42 Å². The summed E-state index contributed by atoms with van der Waals surface area (Å²) >= 11 is 0. The van der Waals surface area contributed by atoms with Crippen molar-refractivity contribution in [3.63, 3.8) is 0 Å². The quantitative estimate of drug-likeness (QED) is 0.493. The van der Waals surface area contributed by atoms with Gasteiger partial charge in [0.25, 0.3) is 0 Å². The number of rotatable bonds is 9. The number of benzene rings is 3. The van der Waals surface area contributed by atoms with Crippen LogP contribution in [0.5, 0.6) is 0 Å². The summed E-state index contributed by atoms with van der Waals surface area (Å²) in [4.78, 5) is 12.3. The fourth-order valence-corrected chi connectivity index (χ4v) is 4.64. The van der Waals surface area contributed by atoms with Gasteiger partial charge in [-0.05, 0) is 53.8 Å². The van der Waals surface area contributed by atoms with Gasteiger partial charge in [0.05, 0.1) is 10.8 Å². The molecule has 0 spiro atoms. The van der Waals surface area contributed by atoms with Crippen molar-refractivity contribution in [2.75, 3.05) is 0 Å². The van der Waals surface area contributed by atoms with Gasteiger partial charge in [-0.25, -0.2) is 4.21 Å². The average molecular weight is 381 g/mol. The van der Waals surface area contributed by atoms with Crippen molar-refractivity contribution in [3.8, 4) is 0 Å². The molecular weight excluding hydrogens is 356 g/mol. The lowest BCUT2D eigenvalue weighted by molar-refractivity contribution is -0.137. The summed E-state index contributed by atoms with van der Waals surface area (Å²) in [6.07, 6.45) is 4.66. The molecule has 3 rings (SSSR count). The second-order valence-corrected chi connectivity index (χ2v) is 8.10. The Morgan fingerprint density at radius 2 is 1.52 bits per heavy atom. The number of fused-ring (bicyclic) bond motifs is 1. The molecule has 1 atom stereocenters. The molecule has 0 radical (unpaired) electrons. The van der Waals surface area contributed by atoms with Crippen molar-refractivity contribution in [1.82, 2.24) is 0 Å². The Balaban J connectivity index is 1.82. The lowest BCUT2D eigenvalue weighted by Crippen LogP contribution is -2.00. The molecule has 1 N–H and O–H groups in total. The first-order chi connectivity index (χ1) is 13.2. The van der Waals surface area contributed by atoms with E-state index in [2.05, 4.69) is 12.1 Å². The number of aliphatic carboxylic acids is 1. The number of carboxylic acid groups (broad SMARTS) is 1. The van der Waals surface area contributed by atoms with Crippen LogP contribution in [0.4, 0.5) is 0 Å². The Bertz CT molecular complexity index is 935. The minimum absolute atomic E-state index is 0.234. The summed E-state index contributed by atoms with van der Waals surface area (Å²) < 4.78 is 13.2. The molecule has 3 nitrogen and oxygen atoms in total. The molecule has 0 aliphatic carbocycles. The lowest BCUT2D eigenvalue weighted by Gasteiger charge is -2.13. The van der Waals surface area contributed by atoms with Crippen LogP contribution in [0.2, 0.25) is 0 Å². The molecule has 0 aliphatic rings. The van der Waals surface area contributed by atoms with Gasteiger partial charge in [-0.3, -0.25) is 4.79 Å². The average Bonchev–Trinajstić information content (AvgIpc) is 2.70. The Morgan fingerprint density at radius 1 is 0.815 bits per heavy atom. The van der Waals surface area contributed by atoms with E-state index < -0.39 is 16.8 Å². The number of aryl methyl sites for hydroxylation is 1. The van der Waals surface area contributed by atoms with Gasteiger partial charge in [0.1, 0.15) is 0 Å². The zero-order valence-electron chi connectivity index (χ0n) is 15.3. The molecule has 0 bridgehead atoms. The predicted octanol–water partition coefficient (Wildman–Crippen LogP) is 5.58. The van der Waals surface area contributed by atoms with Gasteiger partial charge in [-0.2, -0.15) is 0 Å². The zero-order valence-corrected chi connectivity index (χ0v) is 16.1. The van der Waals surface area contributed by atoms with E-state index in [1.165, 1.54) is 0 Å². The summed E-state index contributed by atoms with van der Waals surface area (Å²) in [5, 5.41) is 11.1. The van der Waals surface area contributed by atoms with Crippen LogP contribution in [0.25, 0.3) is 10.8 Å². The molecule has 0 amide bonds. The minimum atomic E-state index is -1.21. The van der Waals surface area contributed by atoms with Gasteiger partial charge in [0.15, 0.2) is 0 Å². The molecular formula is C23H24O3S. The molecule has 0 saturated heterocycles. The summed E-state index contributed by atoms with van der Waals surface area (Å²) in [5.41, 5.74) is 1.15. The van der Waals surface area contributed by atoms with Crippen LogP contribution in [-0.2, 0) is 22.0 Å². The molecule has 140 valence electrons. The zero-order chi connectivity index (χ0) is 19.1. The van der Waals surface area contributed by atoms with E-state index >= 15 is 0 Å². The standard InChI is InChI=1S/C23H24O3S/c24-23(25)15-7-2-1-6-14-21-20-13-9-8-10-18(20)16-17-22(21)27(26)19-11-4-3-5-12-19/h3-5,8-13,16-17H,1-2,6-7,14-15H2,(H,24,25). The van der Waals surface area contributed by atoms with Crippen molar-refractivity contribution >= 4 is 27.5 Å². The van der Waals surface area contributed by atoms with Crippen molar-refractivity contribution in [3.05, 3.63) is 72.3 Å². The maximum atomic E-state index is 13.2. The topological polar surface area (TPSA) is 54.4 Å². The number of carboxylic acids is 1. The van der Waals surface area contributed by atoms with Gasteiger partial charge >= 0.3 is 5.97 Å². The van der Waals surface area contributed by atoms with Crippen LogP contribution in [0.3, 0.4) is 0 Å². The highest BCUT2D eigenvalue weighted by Crippen LogP contribution is 2.29. The molecule has 3 aromatic carbocycles. The molecule has 0 saturated carbocycles. The van der Waals surface area contributed by atoms with E-state index in [9.17, 15) is 9.00 Å². The Labute approximate surface area is 162 Å². The molecule has 0 aromatic heterocycles. The first-order valence-electron chi connectivity index (χ1n) is 9.36. The van der Waals surface area contributed by atoms with E-state index in [4.69, 9.17) is 5.11 Å². The fourth-order valence-electron chi connectivity index (χ4n) is 3.35. The second-order valence-electron chi connectivity index (χ2n) is 6.65. The van der Waals surface area contributed by atoms with Gasteiger partial charge in [0.2, 0.25) is 0 Å². The summed E-state index contributed by atoms with van der Waals surface area (Å²) in [6.45, 7) is 0. The third-order valence-corrected chi connectivity index (χ3v) is 6.20. The van der Waals surface area contributed by atoms with Crippen LogP contribution in [-0.4, -0.2) is 15.3 Å². The summed E-state index contributed by atoms with van der Waals surface area (Å²) in [7, 11) is -1.21. The van der Waals surface area contributed by atoms with Crippen molar-refractivity contribution in [2.45, 2.75) is 48.3 Å². The first kappa shape index (κ1) is 19.3. The molecule has 0 fully saturated rings. The maximum absolute atomic E-state index is 13.2. The van der Waals surface area contributed by atoms with Gasteiger partial charge in [-0.1, -0.05) is 61.4 Å². The highest BCUT2D eigenvalue weighted by atomic mass is 32.2. The number of hydrogen-bond donors (Lipinski definition) is 1. The summed E-state index contributed by atoms with van der Waals surface area (Å²) in [6, 6.07) is 21.8. The van der Waals surface area contributed by atoms with Crippen molar-refractivity contribution < 1.29 is 14.1 Å². The monoisotopic (exact) mass is 380 g/mol. The second kappa shape index (κ2) is 9.47. The van der Waals surface area contributed by atoms with Crippen molar-refractivity contribution in [1.29, 1.82) is 0 Å². The number of carbonyl (C=O) groups is 1. The largest absolute Gasteiger partial charge is 0.481 e.